The van der Waals surface area contributed by atoms with Crippen LogP contribution in [0.1, 0.15) is 28.8 Å². The standard InChI is InChI=1S/C21H23FN2O5S/c1-14-18(21(26)29-2)6-3-7-19(14)23-20(25)15-5-4-12-24(13-15)30(27,28)17-10-8-16(22)9-11-17/h3,6-11,15H,4-5,12-13H2,1-2H3,(H,23,25)/t15-/m1/s1. The van der Waals surface area contributed by atoms with E-state index < -0.39 is 27.7 Å². The first kappa shape index (κ1) is 21.9. The van der Waals surface area contributed by atoms with Gasteiger partial charge < -0.3 is 10.1 Å². The molecule has 0 radical (unpaired) electrons. The number of ether oxygens (including phenoxy) is 1. The van der Waals surface area contributed by atoms with Gasteiger partial charge in [-0.05, 0) is 61.7 Å². The summed E-state index contributed by atoms with van der Waals surface area (Å²) in [6.45, 7) is 2.02. The van der Waals surface area contributed by atoms with Crippen LogP contribution in [-0.2, 0) is 19.6 Å². The molecule has 0 aromatic heterocycles. The maximum absolute atomic E-state index is 13.1. The zero-order valence-electron chi connectivity index (χ0n) is 16.7. The van der Waals surface area contributed by atoms with Crippen molar-refractivity contribution < 1.29 is 27.1 Å². The Labute approximate surface area is 174 Å². The number of halogens is 1. The van der Waals surface area contributed by atoms with E-state index in [-0.39, 0.29) is 17.3 Å². The fourth-order valence-corrected chi connectivity index (χ4v) is 4.99. The number of methoxy groups -OCH3 is 1. The number of nitrogens with zero attached hydrogens (tertiary/aromatic N) is 1. The van der Waals surface area contributed by atoms with Crippen LogP contribution >= 0.6 is 0 Å². The van der Waals surface area contributed by atoms with Gasteiger partial charge in [0, 0.05) is 18.8 Å². The summed E-state index contributed by atoms with van der Waals surface area (Å²) in [5, 5.41) is 2.80. The van der Waals surface area contributed by atoms with E-state index in [2.05, 4.69) is 5.32 Å². The molecule has 7 nitrogen and oxygen atoms in total. The van der Waals surface area contributed by atoms with Gasteiger partial charge in [-0.15, -0.1) is 0 Å². The second-order valence-electron chi connectivity index (χ2n) is 7.12. The highest BCUT2D eigenvalue weighted by molar-refractivity contribution is 7.89. The molecule has 0 unspecified atom stereocenters. The largest absolute Gasteiger partial charge is 0.465 e. The molecule has 2 aromatic rings. The predicted octanol–water partition coefficient (Wildman–Crippen LogP) is 2.96. The Morgan fingerprint density at radius 3 is 2.53 bits per heavy atom. The summed E-state index contributed by atoms with van der Waals surface area (Å²) < 4.78 is 44.8. The zero-order valence-corrected chi connectivity index (χ0v) is 17.5. The molecule has 0 saturated carbocycles. The maximum Gasteiger partial charge on any atom is 0.338 e. The van der Waals surface area contributed by atoms with E-state index in [0.29, 0.717) is 36.2 Å². The van der Waals surface area contributed by atoms with Gasteiger partial charge in [0.1, 0.15) is 5.82 Å². The van der Waals surface area contributed by atoms with Crippen molar-refractivity contribution in [3.63, 3.8) is 0 Å². The van der Waals surface area contributed by atoms with Crippen LogP contribution in [0.25, 0.3) is 0 Å². The van der Waals surface area contributed by atoms with Crippen LogP contribution in [0.4, 0.5) is 10.1 Å². The molecule has 9 heteroatoms. The minimum Gasteiger partial charge on any atom is -0.465 e. The van der Waals surface area contributed by atoms with Crippen molar-refractivity contribution in [1.29, 1.82) is 0 Å². The zero-order chi connectivity index (χ0) is 21.9. The van der Waals surface area contributed by atoms with E-state index in [1.807, 2.05) is 0 Å². The summed E-state index contributed by atoms with van der Waals surface area (Å²) in [6, 6.07) is 9.55. The van der Waals surface area contributed by atoms with Crippen LogP contribution in [-0.4, -0.2) is 44.8 Å². The van der Waals surface area contributed by atoms with Crippen LogP contribution in [0, 0.1) is 18.7 Å². The third kappa shape index (κ3) is 4.52. The van der Waals surface area contributed by atoms with E-state index in [0.717, 1.165) is 12.1 Å². The molecular weight excluding hydrogens is 411 g/mol. The number of carbonyl (C=O) groups excluding carboxylic acids is 2. The van der Waals surface area contributed by atoms with Crippen LogP contribution in [0.5, 0.6) is 0 Å². The molecule has 0 spiro atoms. The normalized spacial score (nSPS) is 17.4. The third-order valence-corrected chi connectivity index (χ3v) is 7.08. The summed E-state index contributed by atoms with van der Waals surface area (Å²) in [5.74, 6) is -1.89. The van der Waals surface area contributed by atoms with Crippen LogP contribution in [0.15, 0.2) is 47.4 Å². The van der Waals surface area contributed by atoms with Gasteiger partial charge in [-0.3, -0.25) is 4.79 Å². The molecular formula is C21H23FN2O5S. The number of nitrogens with one attached hydrogen (secondary N) is 1. The third-order valence-electron chi connectivity index (χ3n) is 5.20. The molecule has 160 valence electrons. The van der Waals surface area contributed by atoms with Crippen molar-refractivity contribution in [3.05, 3.63) is 59.4 Å². The Balaban J connectivity index is 1.75. The number of anilines is 1. The topological polar surface area (TPSA) is 92.8 Å². The first-order valence-corrected chi connectivity index (χ1v) is 10.9. The van der Waals surface area contributed by atoms with E-state index in [9.17, 15) is 22.4 Å². The van der Waals surface area contributed by atoms with Crippen LogP contribution < -0.4 is 5.32 Å². The molecule has 1 atom stereocenters. The molecule has 0 bridgehead atoms. The van der Waals surface area contributed by atoms with Gasteiger partial charge in [-0.2, -0.15) is 4.31 Å². The van der Waals surface area contributed by atoms with Crippen LogP contribution in [0.3, 0.4) is 0 Å². The number of hydrogen-bond donors (Lipinski definition) is 1. The lowest BCUT2D eigenvalue weighted by Gasteiger charge is -2.31. The quantitative estimate of drug-likeness (QED) is 0.731. The lowest BCUT2D eigenvalue weighted by atomic mass is 9.98. The molecule has 30 heavy (non-hydrogen) atoms. The second kappa shape index (κ2) is 8.93. The molecule has 1 aliphatic heterocycles. The lowest BCUT2D eigenvalue weighted by Crippen LogP contribution is -2.43. The van der Waals surface area contributed by atoms with Gasteiger partial charge in [-0.1, -0.05) is 6.07 Å². The fourth-order valence-electron chi connectivity index (χ4n) is 3.47. The van der Waals surface area contributed by atoms with Gasteiger partial charge in [0.05, 0.1) is 23.5 Å². The number of carbonyl (C=O) groups is 2. The number of rotatable bonds is 5. The smallest absolute Gasteiger partial charge is 0.338 e. The molecule has 1 fully saturated rings. The molecule has 3 rings (SSSR count). The number of sulfonamides is 1. The summed E-state index contributed by atoms with van der Waals surface area (Å²) in [6.07, 6.45) is 1.07. The molecule has 2 aromatic carbocycles. The number of amides is 1. The van der Waals surface area contributed by atoms with Crippen molar-refractivity contribution >= 4 is 27.6 Å². The van der Waals surface area contributed by atoms with E-state index in [1.54, 1.807) is 25.1 Å². The average molecular weight is 434 g/mol. The first-order valence-electron chi connectivity index (χ1n) is 9.48. The highest BCUT2D eigenvalue weighted by atomic mass is 32.2. The molecule has 1 amide bonds. The van der Waals surface area contributed by atoms with Crippen molar-refractivity contribution in [2.24, 2.45) is 5.92 Å². The Kier molecular flexibility index (Phi) is 6.52. The number of piperidine rings is 1. The Morgan fingerprint density at radius 1 is 1.17 bits per heavy atom. The number of benzene rings is 2. The van der Waals surface area contributed by atoms with Crippen LogP contribution in [0.2, 0.25) is 0 Å². The Morgan fingerprint density at radius 2 is 1.87 bits per heavy atom. The fraction of sp³-hybridized carbons (Fsp3) is 0.333. The van der Waals surface area contributed by atoms with Gasteiger partial charge in [0.15, 0.2) is 0 Å². The monoisotopic (exact) mass is 434 g/mol. The molecule has 0 aliphatic carbocycles. The van der Waals surface area contributed by atoms with E-state index in [4.69, 9.17) is 4.74 Å². The lowest BCUT2D eigenvalue weighted by molar-refractivity contribution is -0.120. The average Bonchev–Trinajstić information content (AvgIpc) is 2.75. The van der Waals surface area contributed by atoms with Crippen molar-refractivity contribution in [1.82, 2.24) is 4.31 Å². The highest BCUT2D eigenvalue weighted by Gasteiger charge is 2.33. The highest BCUT2D eigenvalue weighted by Crippen LogP contribution is 2.26. The van der Waals surface area contributed by atoms with Crippen molar-refractivity contribution in [2.75, 3.05) is 25.5 Å². The SMILES string of the molecule is COC(=O)c1cccc(NC(=O)[C@@H]2CCCN(S(=O)(=O)c3ccc(F)cc3)C2)c1C. The van der Waals surface area contributed by atoms with Gasteiger partial charge in [0.2, 0.25) is 15.9 Å². The maximum atomic E-state index is 13.1. The minimum atomic E-state index is -3.82. The molecule has 1 N–H and O–H groups in total. The summed E-state index contributed by atoms with van der Waals surface area (Å²) in [4.78, 5) is 24.7. The van der Waals surface area contributed by atoms with E-state index in [1.165, 1.54) is 23.5 Å². The Hall–Kier alpha value is -2.78. The van der Waals surface area contributed by atoms with Gasteiger partial charge >= 0.3 is 5.97 Å². The second-order valence-corrected chi connectivity index (χ2v) is 9.05. The van der Waals surface area contributed by atoms with E-state index >= 15 is 0 Å². The summed E-state index contributed by atoms with van der Waals surface area (Å²) in [7, 11) is -2.54. The summed E-state index contributed by atoms with van der Waals surface area (Å²) >= 11 is 0. The van der Waals surface area contributed by atoms with Gasteiger partial charge in [-0.25, -0.2) is 17.6 Å². The summed E-state index contributed by atoms with van der Waals surface area (Å²) in [5.41, 5.74) is 1.39. The molecule has 1 aliphatic rings. The van der Waals surface area contributed by atoms with Crippen molar-refractivity contribution in [2.45, 2.75) is 24.7 Å². The number of esters is 1. The minimum absolute atomic E-state index is 0.00779. The predicted molar refractivity (Wildman–Crippen MR) is 109 cm³/mol. The molecule has 1 heterocycles. The van der Waals surface area contributed by atoms with Crippen molar-refractivity contribution in [3.8, 4) is 0 Å². The Bertz CT molecular complexity index is 1050. The first-order chi connectivity index (χ1) is 14.2. The number of hydrogen-bond acceptors (Lipinski definition) is 5. The molecule has 1 saturated heterocycles. The van der Waals surface area contributed by atoms with Gasteiger partial charge in [0.25, 0.3) is 0 Å².